The van der Waals surface area contributed by atoms with Crippen molar-refractivity contribution in [3.8, 4) is 5.75 Å². The number of hydrogen-bond acceptors (Lipinski definition) is 3. The fourth-order valence-electron chi connectivity index (χ4n) is 2.06. The van der Waals surface area contributed by atoms with Crippen LogP contribution in [-0.2, 0) is 4.79 Å². The van der Waals surface area contributed by atoms with Gasteiger partial charge in [-0.05, 0) is 30.7 Å². The molecule has 0 saturated heterocycles. The number of amides is 1. The molecule has 2 aromatic rings. The van der Waals surface area contributed by atoms with Gasteiger partial charge in [0.05, 0.1) is 0 Å². The molecule has 1 amide bonds. The predicted octanol–water partition coefficient (Wildman–Crippen LogP) is 3.21. The summed E-state index contributed by atoms with van der Waals surface area (Å²) in [4.78, 5) is 23.8. The summed E-state index contributed by atoms with van der Waals surface area (Å²) in [7, 11) is 0. The lowest BCUT2D eigenvalue weighted by Gasteiger charge is -2.08. The molecule has 120 valence electrons. The normalized spacial score (nSPS) is 10.1. The van der Waals surface area contributed by atoms with Crippen molar-refractivity contribution in [1.29, 1.82) is 0 Å². The summed E-state index contributed by atoms with van der Waals surface area (Å²) in [6, 6.07) is 15.9. The molecule has 1 N–H and O–H groups in total. The van der Waals surface area contributed by atoms with E-state index in [-0.39, 0.29) is 18.3 Å². The van der Waals surface area contributed by atoms with Crippen molar-refractivity contribution in [2.45, 2.75) is 19.8 Å². The van der Waals surface area contributed by atoms with E-state index >= 15 is 0 Å². The van der Waals surface area contributed by atoms with Gasteiger partial charge in [0.2, 0.25) is 0 Å². The summed E-state index contributed by atoms with van der Waals surface area (Å²) in [5.41, 5.74) is 1.24. The predicted molar refractivity (Wildman–Crippen MR) is 89.7 cm³/mol. The highest BCUT2D eigenvalue weighted by atomic mass is 16.5. The van der Waals surface area contributed by atoms with Crippen molar-refractivity contribution >= 4 is 11.7 Å². The van der Waals surface area contributed by atoms with Crippen molar-refractivity contribution < 1.29 is 14.3 Å². The van der Waals surface area contributed by atoms with Crippen LogP contribution in [0.4, 0.5) is 0 Å². The Hall–Kier alpha value is -2.62. The Morgan fingerprint density at radius 3 is 2.26 bits per heavy atom. The fourth-order valence-corrected chi connectivity index (χ4v) is 2.06. The van der Waals surface area contributed by atoms with Gasteiger partial charge in [0.1, 0.15) is 5.75 Å². The molecule has 0 heterocycles. The molecule has 2 rings (SSSR count). The van der Waals surface area contributed by atoms with Gasteiger partial charge in [-0.2, -0.15) is 0 Å². The minimum absolute atomic E-state index is 0.0182. The topological polar surface area (TPSA) is 55.4 Å². The first-order chi connectivity index (χ1) is 11.2. The lowest BCUT2D eigenvalue weighted by molar-refractivity contribution is -0.123. The molecule has 0 aromatic heterocycles. The Morgan fingerprint density at radius 1 is 0.957 bits per heavy atom. The van der Waals surface area contributed by atoms with Gasteiger partial charge >= 0.3 is 0 Å². The largest absolute Gasteiger partial charge is 0.484 e. The van der Waals surface area contributed by atoms with Crippen LogP contribution >= 0.6 is 0 Å². The maximum atomic E-state index is 12.3. The molecule has 4 heteroatoms. The molecule has 0 radical (unpaired) electrons. The SMILES string of the molecule is CCCCNC(=O)COc1ccc(C(=O)c2ccccc2)cc1. The number of rotatable bonds is 8. The van der Waals surface area contributed by atoms with E-state index in [1.807, 2.05) is 18.2 Å². The van der Waals surface area contributed by atoms with Crippen LogP contribution in [0.3, 0.4) is 0 Å². The first-order valence-electron chi connectivity index (χ1n) is 7.80. The second-order valence-electron chi connectivity index (χ2n) is 5.21. The summed E-state index contributed by atoms with van der Waals surface area (Å²) >= 11 is 0. The second kappa shape index (κ2) is 8.73. The Kier molecular flexibility index (Phi) is 6.36. The smallest absolute Gasteiger partial charge is 0.257 e. The van der Waals surface area contributed by atoms with E-state index in [9.17, 15) is 9.59 Å². The number of unbranched alkanes of at least 4 members (excludes halogenated alkanes) is 1. The molecular weight excluding hydrogens is 290 g/mol. The number of benzene rings is 2. The van der Waals surface area contributed by atoms with Crippen LogP contribution in [0.2, 0.25) is 0 Å². The zero-order valence-electron chi connectivity index (χ0n) is 13.2. The summed E-state index contributed by atoms with van der Waals surface area (Å²) in [6.45, 7) is 2.72. The zero-order chi connectivity index (χ0) is 16.5. The Labute approximate surface area is 136 Å². The van der Waals surface area contributed by atoms with Crippen molar-refractivity contribution in [1.82, 2.24) is 5.32 Å². The van der Waals surface area contributed by atoms with Gasteiger partial charge in [0.15, 0.2) is 12.4 Å². The van der Waals surface area contributed by atoms with Crippen LogP contribution < -0.4 is 10.1 Å². The first-order valence-corrected chi connectivity index (χ1v) is 7.80. The molecule has 23 heavy (non-hydrogen) atoms. The van der Waals surface area contributed by atoms with Crippen LogP contribution in [0.1, 0.15) is 35.7 Å². The molecule has 0 atom stereocenters. The summed E-state index contributed by atoms with van der Waals surface area (Å²) < 4.78 is 5.42. The van der Waals surface area contributed by atoms with Crippen LogP contribution in [0.25, 0.3) is 0 Å². The fraction of sp³-hybridized carbons (Fsp3) is 0.263. The number of ether oxygens (including phenoxy) is 1. The minimum Gasteiger partial charge on any atom is -0.484 e. The van der Waals surface area contributed by atoms with Crippen molar-refractivity contribution in [3.05, 3.63) is 65.7 Å². The van der Waals surface area contributed by atoms with Crippen LogP contribution in [0, 0.1) is 0 Å². The van der Waals surface area contributed by atoms with Gasteiger partial charge in [0, 0.05) is 17.7 Å². The van der Waals surface area contributed by atoms with Gasteiger partial charge in [-0.25, -0.2) is 0 Å². The minimum atomic E-state index is -0.136. The molecule has 0 aliphatic heterocycles. The quantitative estimate of drug-likeness (QED) is 0.601. The molecule has 0 unspecified atom stereocenters. The van der Waals surface area contributed by atoms with Crippen LogP contribution in [-0.4, -0.2) is 24.8 Å². The maximum Gasteiger partial charge on any atom is 0.257 e. The van der Waals surface area contributed by atoms with E-state index in [1.54, 1.807) is 36.4 Å². The standard InChI is InChI=1S/C19H21NO3/c1-2-3-13-20-18(21)14-23-17-11-9-16(10-12-17)19(22)15-7-5-4-6-8-15/h4-12H,2-3,13-14H2,1H3,(H,20,21). The van der Waals surface area contributed by atoms with Gasteiger partial charge < -0.3 is 10.1 Å². The van der Waals surface area contributed by atoms with E-state index in [4.69, 9.17) is 4.74 Å². The Bertz CT molecular complexity index is 635. The summed E-state index contributed by atoms with van der Waals surface area (Å²) in [6.07, 6.45) is 2.00. The van der Waals surface area contributed by atoms with Gasteiger partial charge in [0.25, 0.3) is 5.91 Å². The second-order valence-corrected chi connectivity index (χ2v) is 5.21. The highest BCUT2D eigenvalue weighted by Gasteiger charge is 2.08. The Morgan fingerprint density at radius 2 is 1.61 bits per heavy atom. The average Bonchev–Trinajstić information content (AvgIpc) is 2.61. The molecule has 0 bridgehead atoms. The number of carbonyl (C=O) groups is 2. The monoisotopic (exact) mass is 311 g/mol. The van der Waals surface area contributed by atoms with E-state index < -0.39 is 0 Å². The van der Waals surface area contributed by atoms with Crippen molar-refractivity contribution in [2.24, 2.45) is 0 Å². The third-order valence-corrected chi connectivity index (χ3v) is 3.37. The van der Waals surface area contributed by atoms with Crippen LogP contribution in [0.15, 0.2) is 54.6 Å². The highest BCUT2D eigenvalue weighted by Crippen LogP contribution is 2.15. The molecule has 0 aliphatic rings. The lowest BCUT2D eigenvalue weighted by Crippen LogP contribution is -2.29. The van der Waals surface area contributed by atoms with Crippen LogP contribution in [0.5, 0.6) is 5.75 Å². The number of ketones is 1. The van der Waals surface area contributed by atoms with Crippen molar-refractivity contribution in [2.75, 3.05) is 13.2 Å². The molecule has 0 fully saturated rings. The maximum absolute atomic E-state index is 12.3. The van der Waals surface area contributed by atoms with E-state index in [2.05, 4.69) is 12.2 Å². The molecule has 0 spiro atoms. The average molecular weight is 311 g/mol. The highest BCUT2D eigenvalue weighted by molar-refractivity contribution is 6.08. The molecular formula is C19H21NO3. The number of nitrogens with one attached hydrogen (secondary N) is 1. The van der Waals surface area contributed by atoms with E-state index in [1.165, 1.54) is 0 Å². The van der Waals surface area contributed by atoms with E-state index in [0.29, 0.717) is 23.4 Å². The number of hydrogen-bond donors (Lipinski definition) is 1. The summed E-state index contributed by atoms with van der Waals surface area (Å²) in [5.74, 6) is 0.401. The first kappa shape index (κ1) is 16.7. The number of carbonyl (C=O) groups excluding carboxylic acids is 2. The summed E-state index contributed by atoms with van der Waals surface area (Å²) in [5, 5.41) is 2.79. The third-order valence-electron chi connectivity index (χ3n) is 3.37. The third kappa shape index (κ3) is 5.25. The molecule has 0 aliphatic carbocycles. The lowest BCUT2D eigenvalue weighted by atomic mass is 10.0. The van der Waals surface area contributed by atoms with E-state index in [0.717, 1.165) is 12.8 Å². The van der Waals surface area contributed by atoms with Gasteiger partial charge in [-0.1, -0.05) is 43.7 Å². The molecule has 0 saturated carbocycles. The zero-order valence-corrected chi connectivity index (χ0v) is 13.2. The molecule has 4 nitrogen and oxygen atoms in total. The Balaban J connectivity index is 1.87. The van der Waals surface area contributed by atoms with Gasteiger partial charge in [-0.15, -0.1) is 0 Å². The molecule has 2 aromatic carbocycles. The van der Waals surface area contributed by atoms with Gasteiger partial charge in [-0.3, -0.25) is 9.59 Å². The van der Waals surface area contributed by atoms with Crippen molar-refractivity contribution in [3.63, 3.8) is 0 Å².